The Morgan fingerprint density at radius 2 is 2.26 bits per heavy atom. The third kappa shape index (κ3) is 2.83. The van der Waals surface area contributed by atoms with Crippen LogP contribution in [0.2, 0.25) is 0 Å². The van der Waals surface area contributed by atoms with Gasteiger partial charge in [0.1, 0.15) is 6.33 Å². The van der Waals surface area contributed by atoms with Crippen molar-refractivity contribution in [1.82, 2.24) is 25.0 Å². The largest absolute Gasteiger partial charge is 0.481 e. The minimum absolute atomic E-state index is 0.0296. The van der Waals surface area contributed by atoms with Crippen molar-refractivity contribution in [2.24, 2.45) is 18.9 Å². The Morgan fingerprint density at radius 3 is 2.79 bits per heavy atom. The van der Waals surface area contributed by atoms with E-state index in [2.05, 4.69) is 15.5 Å². The Labute approximate surface area is 110 Å². The van der Waals surface area contributed by atoms with Gasteiger partial charge in [-0.2, -0.15) is 0 Å². The van der Waals surface area contributed by atoms with Crippen LogP contribution in [0.3, 0.4) is 0 Å². The number of carbonyl (C=O) groups is 2. The van der Waals surface area contributed by atoms with Crippen LogP contribution in [0, 0.1) is 11.8 Å². The minimum Gasteiger partial charge on any atom is -0.481 e. The van der Waals surface area contributed by atoms with Crippen LogP contribution in [0.25, 0.3) is 0 Å². The summed E-state index contributed by atoms with van der Waals surface area (Å²) in [5, 5.41) is 19.3. The lowest BCUT2D eigenvalue weighted by Gasteiger charge is -2.16. The number of hydrogen-bond donors (Lipinski definition) is 2. The first kappa shape index (κ1) is 13.3. The Kier molecular flexibility index (Phi) is 3.68. The van der Waals surface area contributed by atoms with Crippen molar-refractivity contribution in [1.29, 1.82) is 0 Å². The van der Waals surface area contributed by atoms with E-state index in [1.165, 1.54) is 4.90 Å². The summed E-state index contributed by atoms with van der Waals surface area (Å²) in [6, 6.07) is -0.265. The number of amides is 2. The van der Waals surface area contributed by atoms with Crippen molar-refractivity contribution in [2.75, 3.05) is 13.1 Å². The molecule has 2 amide bonds. The van der Waals surface area contributed by atoms with Gasteiger partial charge in [0.25, 0.3) is 0 Å². The van der Waals surface area contributed by atoms with Crippen molar-refractivity contribution in [3.05, 3.63) is 12.2 Å². The van der Waals surface area contributed by atoms with Crippen molar-refractivity contribution >= 4 is 12.0 Å². The highest BCUT2D eigenvalue weighted by Gasteiger charge is 2.36. The van der Waals surface area contributed by atoms with Crippen LogP contribution in [0.1, 0.15) is 12.7 Å². The second kappa shape index (κ2) is 5.25. The summed E-state index contributed by atoms with van der Waals surface area (Å²) in [6.07, 6.45) is 1.56. The van der Waals surface area contributed by atoms with E-state index < -0.39 is 11.9 Å². The van der Waals surface area contributed by atoms with Crippen LogP contribution in [-0.4, -0.2) is 49.9 Å². The fourth-order valence-electron chi connectivity index (χ4n) is 2.19. The molecule has 2 heterocycles. The normalized spacial score (nSPS) is 22.5. The quantitative estimate of drug-likeness (QED) is 0.781. The van der Waals surface area contributed by atoms with E-state index in [-0.39, 0.29) is 25.0 Å². The number of hydrogen-bond acceptors (Lipinski definition) is 4. The smallest absolute Gasteiger partial charge is 0.317 e. The van der Waals surface area contributed by atoms with E-state index in [9.17, 15) is 9.59 Å². The van der Waals surface area contributed by atoms with Gasteiger partial charge in [-0.1, -0.05) is 6.92 Å². The van der Waals surface area contributed by atoms with Crippen LogP contribution in [0.15, 0.2) is 6.33 Å². The lowest BCUT2D eigenvalue weighted by atomic mass is 9.99. The summed E-state index contributed by atoms with van der Waals surface area (Å²) in [5.74, 6) is -0.717. The summed E-state index contributed by atoms with van der Waals surface area (Å²) in [5.41, 5.74) is 0. The minimum atomic E-state index is -0.851. The molecule has 8 heteroatoms. The molecule has 8 nitrogen and oxygen atoms in total. The van der Waals surface area contributed by atoms with Gasteiger partial charge in [-0.05, 0) is 5.92 Å². The molecule has 0 saturated carbocycles. The number of urea groups is 1. The number of aliphatic carboxylic acids is 1. The standard InChI is InChI=1S/C11H17N5O3/c1-7-4-16(5-8(7)10(17)18)11(19)12-3-9-14-13-6-15(9)2/h6-8H,3-5H2,1-2H3,(H,12,19)(H,17,18)/t7-,8-/m1/s1. The van der Waals surface area contributed by atoms with Crippen LogP contribution < -0.4 is 5.32 Å². The van der Waals surface area contributed by atoms with Crippen LogP contribution in [0.5, 0.6) is 0 Å². The molecule has 0 aliphatic carbocycles. The highest BCUT2D eigenvalue weighted by atomic mass is 16.4. The maximum Gasteiger partial charge on any atom is 0.317 e. The first-order valence-electron chi connectivity index (χ1n) is 6.07. The van der Waals surface area contributed by atoms with E-state index in [1.807, 2.05) is 6.92 Å². The van der Waals surface area contributed by atoms with Gasteiger partial charge in [0, 0.05) is 20.1 Å². The number of aromatic nitrogens is 3. The SMILES string of the molecule is C[C@@H]1CN(C(=O)NCc2nncn2C)C[C@H]1C(=O)O. The van der Waals surface area contributed by atoms with Crippen LogP contribution >= 0.6 is 0 Å². The van der Waals surface area contributed by atoms with E-state index >= 15 is 0 Å². The average Bonchev–Trinajstić information content (AvgIpc) is 2.92. The number of nitrogens with one attached hydrogen (secondary N) is 1. The molecule has 0 spiro atoms. The predicted octanol–water partition coefficient (Wildman–Crippen LogP) is -0.323. The van der Waals surface area contributed by atoms with Gasteiger partial charge in [-0.15, -0.1) is 10.2 Å². The monoisotopic (exact) mass is 267 g/mol. The van der Waals surface area contributed by atoms with Gasteiger partial charge in [-0.3, -0.25) is 4.79 Å². The highest BCUT2D eigenvalue weighted by molar-refractivity contribution is 5.77. The number of aryl methyl sites for hydroxylation is 1. The molecule has 0 radical (unpaired) electrons. The molecule has 1 aromatic rings. The molecule has 0 aromatic carbocycles. The third-order valence-electron chi connectivity index (χ3n) is 3.42. The van der Waals surface area contributed by atoms with Gasteiger partial charge < -0.3 is 19.9 Å². The molecule has 2 N–H and O–H groups in total. The predicted molar refractivity (Wildman–Crippen MR) is 65.1 cm³/mol. The summed E-state index contributed by atoms with van der Waals surface area (Å²) in [7, 11) is 1.79. The number of carboxylic acid groups (broad SMARTS) is 1. The van der Waals surface area contributed by atoms with Crippen LogP contribution in [-0.2, 0) is 18.4 Å². The topological polar surface area (TPSA) is 100 Å². The van der Waals surface area contributed by atoms with Crippen molar-refractivity contribution in [3.63, 3.8) is 0 Å². The number of rotatable bonds is 3. The van der Waals surface area contributed by atoms with E-state index in [1.54, 1.807) is 17.9 Å². The Morgan fingerprint density at radius 1 is 1.53 bits per heavy atom. The van der Waals surface area contributed by atoms with Crippen LogP contribution in [0.4, 0.5) is 4.79 Å². The molecule has 19 heavy (non-hydrogen) atoms. The third-order valence-corrected chi connectivity index (χ3v) is 3.42. The molecule has 0 bridgehead atoms. The number of likely N-dealkylation sites (tertiary alicyclic amines) is 1. The van der Waals surface area contributed by atoms with Crippen molar-refractivity contribution < 1.29 is 14.7 Å². The Hall–Kier alpha value is -2.12. The zero-order valence-corrected chi connectivity index (χ0v) is 10.9. The summed E-state index contributed by atoms with van der Waals surface area (Å²) < 4.78 is 1.72. The molecule has 1 aromatic heterocycles. The maximum absolute atomic E-state index is 11.9. The van der Waals surface area contributed by atoms with Gasteiger partial charge in [0.15, 0.2) is 5.82 Å². The molecule has 2 atom stereocenters. The average molecular weight is 267 g/mol. The lowest BCUT2D eigenvalue weighted by Crippen LogP contribution is -2.39. The molecular weight excluding hydrogens is 250 g/mol. The summed E-state index contributed by atoms with van der Waals surface area (Å²) in [6.45, 7) is 2.83. The first-order chi connectivity index (χ1) is 8.99. The second-order valence-electron chi connectivity index (χ2n) is 4.84. The molecular formula is C11H17N5O3. The van der Waals surface area contributed by atoms with Crippen molar-refractivity contribution in [3.8, 4) is 0 Å². The number of carbonyl (C=O) groups excluding carboxylic acids is 1. The zero-order chi connectivity index (χ0) is 14.0. The summed E-state index contributed by atoms with van der Waals surface area (Å²) >= 11 is 0. The van der Waals surface area contributed by atoms with E-state index in [0.717, 1.165) is 0 Å². The first-order valence-corrected chi connectivity index (χ1v) is 6.07. The molecule has 0 unspecified atom stereocenters. The van der Waals surface area contributed by atoms with Gasteiger partial charge in [0.2, 0.25) is 0 Å². The summed E-state index contributed by atoms with van der Waals surface area (Å²) in [4.78, 5) is 24.4. The molecule has 1 fully saturated rings. The maximum atomic E-state index is 11.9. The van der Waals surface area contributed by atoms with Gasteiger partial charge in [-0.25, -0.2) is 4.79 Å². The molecule has 1 aliphatic heterocycles. The van der Waals surface area contributed by atoms with E-state index in [0.29, 0.717) is 12.4 Å². The van der Waals surface area contributed by atoms with Gasteiger partial charge in [0.05, 0.1) is 12.5 Å². The molecule has 1 saturated heterocycles. The Bertz CT molecular complexity index is 486. The molecule has 1 aliphatic rings. The van der Waals surface area contributed by atoms with E-state index in [4.69, 9.17) is 5.11 Å². The molecule has 104 valence electrons. The Balaban J connectivity index is 1.88. The fourth-order valence-corrected chi connectivity index (χ4v) is 2.19. The fraction of sp³-hybridized carbons (Fsp3) is 0.636. The lowest BCUT2D eigenvalue weighted by molar-refractivity contribution is -0.142. The molecule has 2 rings (SSSR count). The number of carboxylic acids is 1. The second-order valence-corrected chi connectivity index (χ2v) is 4.84. The van der Waals surface area contributed by atoms with Gasteiger partial charge >= 0.3 is 12.0 Å². The highest BCUT2D eigenvalue weighted by Crippen LogP contribution is 2.22. The number of nitrogens with zero attached hydrogens (tertiary/aromatic N) is 4. The zero-order valence-electron chi connectivity index (χ0n) is 10.9. The van der Waals surface area contributed by atoms with Crippen molar-refractivity contribution in [2.45, 2.75) is 13.5 Å².